The van der Waals surface area contributed by atoms with Crippen LogP contribution in [0.4, 0.5) is 4.39 Å². The maximum atomic E-state index is 13.6. The summed E-state index contributed by atoms with van der Waals surface area (Å²) < 4.78 is 13.6. The first-order valence-corrected chi connectivity index (χ1v) is 9.17. The summed E-state index contributed by atoms with van der Waals surface area (Å²) in [6.45, 7) is 0.737. The number of nitrogens with one attached hydrogen (secondary N) is 1. The van der Waals surface area contributed by atoms with Gasteiger partial charge in [0.2, 0.25) is 0 Å². The normalized spacial score (nSPS) is 10.7. The van der Waals surface area contributed by atoms with E-state index in [-0.39, 0.29) is 17.8 Å². The Morgan fingerprint density at radius 3 is 2.00 bits per heavy atom. The zero-order valence-corrected chi connectivity index (χ0v) is 15.1. The van der Waals surface area contributed by atoms with Gasteiger partial charge in [-0.25, -0.2) is 4.39 Å². The average molecular weight is 363 g/mol. The van der Waals surface area contributed by atoms with Crippen LogP contribution in [-0.4, -0.2) is 19.0 Å². The Balaban J connectivity index is 1.55. The molecule has 3 aromatic carbocycles. The molecule has 0 spiro atoms. The lowest BCUT2D eigenvalue weighted by Gasteiger charge is -2.16. The Labute approximate surface area is 159 Å². The van der Waals surface area contributed by atoms with Crippen molar-refractivity contribution in [2.45, 2.75) is 12.5 Å². The highest BCUT2D eigenvalue weighted by Gasteiger charge is 2.18. The van der Waals surface area contributed by atoms with Gasteiger partial charge < -0.3 is 10.6 Å². The van der Waals surface area contributed by atoms with E-state index in [9.17, 15) is 9.18 Å². The molecular weight excluding hydrogens is 339 g/mol. The molecule has 3 aromatic rings. The Bertz CT molecular complexity index is 813. The molecule has 4 heteroatoms. The molecule has 0 bridgehead atoms. The molecule has 138 valence electrons. The minimum atomic E-state index is -0.230. The molecule has 0 heterocycles. The Hall–Kier alpha value is -2.98. The van der Waals surface area contributed by atoms with Gasteiger partial charge in [0.25, 0.3) is 5.91 Å². The molecule has 3 N–H and O–H groups in total. The van der Waals surface area contributed by atoms with Gasteiger partial charge in [-0.05, 0) is 18.1 Å². The summed E-state index contributed by atoms with van der Waals surface area (Å²) >= 11 is 0. The van der Waals surface area contributed by atoms with E-state index in [0.717, 1.165) is 11.1 Å². The van der Waals surface area contributed by atoms with Gasteiger partial charge in [-0.2, -0.15) is 0 Å². The van der Waals surface area contributed by atoms with Crippen LogP contribution in [0.5, 0.6) is 0 Å². The first kappa shape index (κ1) is 18.8. The second-order valence-electron chi connectivity index (χ2n) is 6.43. The summed E-state index contributed by atoms with van der Waals surface area (Å²) in [7, 11) is 0. The van der Waals surface area contributed by atoms with Crippen molar-refractivity contribution < 1.29 is 14.5 Å². The second kappa shape index (κ2) is 9.64. The molecule has 0 saturated carbocycles. The molecule has 3 rings (SSSR count). The van der Waals surface area contributed by atoms with Crippen LogP contribution in [0.15, 0.2) is 84.9 Å². The van der Waals surface area contributed by atoms with Crippen molar-refractivity contribution in [1.29, 1.82) is 0 Å². The summed E-state index contributed by atoms with van der Waals surface area (Å²) in [4.78, 5) is 12.2. The van der Waals surface area contributed by atoms with E-state index in [1.165, 1.54) is 6.07 Å². The summed E-state index contributed by atoms with van der Waals surface area (Å²) in [5.41, 5.74) is 2.93. The Kier molecular flexibility index (Phi) is 6.72. The van der Waals surface area contributed by atoms with Crippen molar-refractivity contribution >= 4 is 5.91 Å². The number of hydrogen-bond donors (Lipinski definition) is 2. The van der Waals surface area contributed by atoms with Gasteiger partial charge in [-0.15, -0.1) is 0 Å². The van der Waals surface area contributed by atoms with Crippen molar-refractivity contribution in [2.24, 2.45) is 0 Å². The maximum Gasteiger partial charge on any atom is 0.275 e. The number of rotatable bonds is 8. The van der Waals surface area contributed by atoms with E-state index in [4.69, 9.17) is 0 Å². The number of benzene rings is 3. The van der Waals surface area contributed by atoms with E-state index < -0.39 is 0 Å². The topological polar surface area (TPSA) is 45.7 Å². The highest BCUT2D eigenvalue weighted by molar-refractivity contribution is 5.76. The molecule has 0 unspecified atom stereocenters. The zero-order chi connectivity index (χ0) is 18.9. The quantitative estimate of drug-likeness (QED) is 0.635. The van der Waals surface area contributed by atoms with E-state index >= 15 is 0 Å². The number of carbonyl (C=O) groups is 1. The molecule has 0 radical (unpaired) electrons. The smallest absolute Gasteiger partial charge is 0.275 e. The average Bonchev–Trinajstić information content (AvgIpc) is 2.71. The molecule has 0 aliphatic carbocycles. The fourth-order valence-electron chi connectivity index (χ4n) is 3.12. The van der Waals surface area contributed by atoms with Crippen LogP contribution in [0.1, 0.15) is 22.7 Å². The molecule has 0 atom stereocenters. The fourth-order valence-corrected chi connectivity index (χ4v) is 3.12. The standard InChI is InChI=1S/C23H23FN2O/c24-21-14-8-7-9-18(21)15-16-25-22(27)17-26-23(19-10-3-1-4-11-19)20-12-5-2-6-13-20/h1-14,23,26H,15-17H2,(H,25,27)/p+1. The van der Waals surface area contributed by atoms with Crippen LogP contribution in [0.25, 0.3) is 0 Å². The minimum absolute atomic E-state index is 0.0526. The molecule has 27 heavy (non-hydrogen) atoms. The third-order valence-corrected chi connectivity index (χ3v) is 4.53. The van der Waals surface area contributed by atoms with Gasteiger partial charge in [-0.3, -0.25) is 4.79 Å². The highest BCUT2D eigenvalue weighted by atomic mass is 19.1. The number of amides is 1. The fraction of sp³-hybridized carbons (Fsp3) is 0.174. The summed E-state index contributed by atoms with van der Waals surface area (Å²) in [5, 5.41) is 4.91. The van der Waals surface area contributed by atoms with Crippen LogP contribution in [0.2, 0.25) is 0 Å². The van der Waals surface area contributed by atoms with Gasteiger partial charge in [-0.1, -0.05) is 78.9 Å². The zero-order valence-electron chi connectivity index (χ0n) is 15.1. The van der Waals surface area contributed by atoms with E-state index in [2.05, 4.69) is 29.6 Å². The van der Waals surface area contributed by atoms with Crippen molar-refractivity contribution in [3.05, 3.63) is 107 Å². The molecule has 3 nitrogen and oxygen atoms in total. The predicted octanol–water partition coefficient (Wildman–Crippen LogP) is 2.84. The summed E-state index contributed by atoms with van der Waals surface area (Å²) in [6, 6.07) is 27.0. The molecule has 0 aliphatic rings. The van der Waals surface area contributed by atoms with Crippen LogP contribution in [0, 0.1) is 5.82 Å². The van der Waals surface area contributed by atoms with E-state index in [0.29, 0.717) is 25.1 Å². The monoisotopic (exact) mass is 363 g/mol. The maximum absolute atomic E-state index is 13.6. The van der Waals surface area contributed by atoms with Crippen LogP contribution >= 0.6 is 0 Å². The summed E-state index contributed by atoms with van der Waals surface area (Å²) in [6.07, 6.45) is 0.485. The third-order valence-electron chi connectivity index (χ3n) is 4.53. The van der Waals surface area contributed by atoms with Crippen molar-refractivity contribution in [3.63, 3.8) is 0 Å². The van der Waals surface area contributed by atoms with E-state index in [1.54, 1.807) is 18.2 Å². The number of quaternary nitrogens is 1. The number of hydrogen-bond acceptors (Lipinski definition) is 1. The minimum Gasteiger partial charge on any atom is -0.351 e. The van der Waals surface area contributed by atoms with E-state index in [1.807, 2.05) is 41.7 Å². The van der Waals surface area contributed by atoms with Gasteiger partial charge >= 0.3 is 0 Å². The van der Waals surface area contributed by atoms with Crippen molar-refractivity contribution in [2.75, 3.05) is 13.1 Å². The Morgan fingerprint density at radius 1 is 0.852 bits per heavy atom. The lowest BCUT2D eigenvalue weighted by atomic mass is 9.99. The van der Waals surface area contributed by atoms with Gasteiger partial charge in [0.1, 0.15) is 11.9 Å². The van der Waals surface area contributed by atoms with Crippen molar-refractivity contribution in [3.8, 4) is 0 Å². The van der Waals surface area contributed by atoms with Crippen molar-refractivity contribution in [1.82, 2.24) is 5.32 Å². The predicted molar refractivity (Wildman–Crippen MR) is 105 cm³/mol. The third kappa shape index (κ3) is 5.50. The molecule has 0 aliphatic heterocycles. The van der Waals surface area contributed by atoms with Crippen LogP contribution in [0.3, 0.4) is 0 Å². The number of nitrogens with two attached hydrogens (primary N) is 1. The van der Waals surface area contributed by atoms with Gasteiger partial charge in [0, 0.05) is 17.7 Å². The first-order chi connectivity index (χ1) is 13.2. The van der Waals surface area contributed by atoms with Gasteiger partial charge in [0.05, 0.1) is 0 Å². The SMILES string of the molecule is O=C(C[NH2+]C(c1ccccc1)c1ccccc1)NCCc1ccccc1F. The van der Waals surface area contributed by atoms with Crippen LogP contribution in [-0.2, 0) is 11.2 Å². The lowest BCUT2D eigenvalue weighted by Crippen LogP contribution is -2.87. The number of halogens is 1. The Morgan fingerprint density at radius 2 is 1.41 bits per heavy atom. The molecule has 1 amide bonds. The molecule has 0 saturated heterocycles. The first-order valence-electron chi connectivity index (χ1n) is 9.17. The summed E-state index contributed by atoms with van der Waals surface area (Å²) in [5.74, 6) is -0.283. The number of carbonyl (C=O) groups excluding carboxylic acids is 1. The lowest BCUT2D eigenvalue weighted by molar-refractivity contribution is -0.676. The van der Waals surface area contributed by atoms with Crippen LogP contribution < -0.4 is 10.6 Å². The molecule has 0 fully saturated rings. The largest absolute Gasteiger partial charge is 0.351 e. The molecule has 0 aromatic heterocycles. The molecular formula is C23H24FN2O+. The van der Waals surface area contributed by atoms with Gasteiger partial charge in [0.15, 0.2) is 6.54 Å². The highest BCUT2D eigenvalue weighted by Crippen LogP contribution is 2.17. The second-order valence-corrected chi connectivity index (χ2v) is 6.43.